The van der Waals surface area contributed by atoms with Crippen molar-refractivity contribution in [1.29, 1.82) is 0 Å². The number of hydrazone groups is 1. The van der Waals surface area contributed by atoms with Gasteiger partial charge in [0.1, 0.15) is 0 Å². The van der Waals surface area contributed by atoms with Crippen LogP contribution in [-0.4, -0.2) is 38.6 Å². The Labute approximate surface area is 166 Å². The van der Waals surface area contributed by atoms with Crippen LogP contribution in [0.3, 0.4) is 0 Å². The van der Waals surface area contributed by atoms with E-state index in [0.29, 0.717) is 11.6 Å². The van der Waals surface area contributed by atoms with Crippen LogP contribution in [0.1, 0.15) is 11.1 Å². The zero-order chi connectivity index (χ0) is 22.4. The van der Waals surface area contributed by atoms with Crippen LogP contribution in [0.2, 0.25) is 0 Å². The zero-order valence-corrected chi connectivity index (χ0v) is 15.2. The summed E-state index contributed by atoms with van der Waals surface area (Å²) in [7, 11) is 0. The number of nitrogens with one attached hydrogen (secondary N) is 1. The minimum atomic E-state index is -1.01. The minimum Gasteiger partial charge on any atom is -0.502 e. The normalized spacial score (nSPS) is 10.6. The first kappa shape index (κ1) is 21.7. The van der Waals surface area contributed by atoms with Gasteiger partial charge in [0, 0.05) is 12.1 Å². The predicted molar refractivity (Wildman–Crippen MR) is 100 cm³/mol. The fraction of sp³-hybridized carbons (Fsp3) is 0.125. The van der Waals surface area contributed by atoms with Crippen LogP contribution >= 0.6 is 0 Å². The van der Waals surface area contributed by atoms with Crippen LogP contribution in [0.4, 0.5) is 17.1 Å². The Morgan fingerprint density at radius 3 is 2.37 bits per heavy atom. The third kappa shape index (κ3) is 5.22. The number of nitrogens with zero attached hydrogens (tertiary/aromatic N) is 4. The Hall–Kier alpha value is -4.62. The lowest BCUT2D eigenvalue weighted by molar-refractivity contribution is -0.394. The molecule has 0 saturated carbocycles. The molecular weight excluding hydrogens is 406 g/mol. The monoisotopic (exact) mass is 419 g/mol. The number of amides is 1. The average Bonchev–Trinajstić information content (AvgIpc) is 2.67. The molecule has 0 aliphatic rings. The Bertz CT molecular complexity index is 1070. The molecule has 0 radical (unpaired) electrons. The number of phenolic OH excluding ortho intramolecular Hbond substituents is 1. The van der Waals surface area contributed by atoms with E-state index in [2.05, 4.69) is 5.10 Å². The summed E-state index contributed by atoms with van der Waals surface area (Å²) in [6, 6.07) is 5.54. The minimum absolute atomic E-state index is 0.142. The van der Waals surface area contributed by atoms with Crippen LogP contribution in [0.5, 0.6) is 11.5 Å². The summed E-state index contributed by atoms with van der Waals surface area (Å²) in [5, 5.41) is 46.0. The van der Waals surface area contributed by atoms with Crippen molar-refractivity contribution in [3.63, 3.8) is 0 Å². The quantitative estimate of drug-likeness (QED) is 0.364. The van der Waals surface area contributed by atoms with Crippen LogP contribution in [0.25, 0.3) is 0 Å². The number of phenols is 1. The lowest BCUT2D eigenvalue weighted by Crippen LogP contribution is -2.24. The summed E-state index contributed by atoms with van der Waals surface area (Å²) >= 11 is 0. The number of aromatic hydroxyl groups is 1. The maximum absolute atomic E-state index is 11.8. The highest BCUT2D eigenvalue weighted by Crippen LogP contribution is 2.33. The first-order valence-electron chi connectivity index (χ1n) is 7.95. The largest absolute Gasteiger partial charge is 0.502 e. The predicted octanol–water partition coefficient (Wildman–Crippen LogP) is 1.95. The second-order valence-corrected chi connectivity index (χ2v) is 5.73. The van der Waals surface area contributed by atoms with Gasteiger partial charge in [-0.3, -0.25) is 35.1 Å². The second-order valence-electron chi connectivity index (χ2n) is 5.73. The van der Waals surface area contributed by atoms with Crippen molar-refractivity contribution < 1.29 is 29.4 Å². The molecule has 0 heterocycles. The number of hydrogen-bond acceptors (Lipinski definition) is 10. The molecule has 0 aliphatic heterocycles. The smallest absolute Gasteiger partial charge is 0.318 e. The molecule has 14 nitrogen and oxygen atoms in total. The lowest BCUT2D eigenvalue weighted by Gasteiger charge is -2.06. The van der Waals surface area contributed by atoms with Gasteiger partial charge in [-0.05, 0) is 18.6 Å². The highest BCUT2D eigenvalue weighted by molar-refractivity contribution is 5.88. The Kier molecular flexibility index (Phi) is 6.54. The Balaban J connectivity index is 2.09. The molecule has 2 aromatic rings. The number of rotatable bonds is 8. The number of carbonyl (C=O) groups excluding carboxylic acids is 1. The molecule has 0 saturated heterocycles. The summed E-state index contributed by atoms with van der Waals surface area (Å²) in [5.41, 5.74) is 0.299. The van der Waals surface area contributed by atoms with Crippen molar-refractivity contribution in [2.75, 3.05) is 6.61 Å². The third-order valence-electron chi connectivity index (χ3n) is 3.57. The van der Waals surface area contributed by atoms with Crippen molar-refractivity contribution >= 4 is 29.2 Å². The molecule has 0 aromatic heterocycles. The van der Waals surface area contributed by atoms with Gasteiger partial charge in [-0.2, -0.15) is 5.10 Å². The van der Waals surface area contributed by atoms with E-state index in [4.69, 9.17) is 4.74 Å². The molecule has 0 atom stereocenters. The third-order valence-corrected chi connectivity index (χ3v) is 3.57. The number of nitro groups is 3. The van der Waals surface area contributed by atoms with E-state index in [-0.39, 0.29) is 17.0 Å². The summed E-state index contributed by atoms with van der Waals surface area (Å²) in [5.74, 6) is -1.87. The lowest BCUT2D eigenvalue weighted by atomic mass is 10.1. The van der Waals surface area contributed by atoms with Gasteiger partial charge >= 0.3 is 11.4 Å². The van der Waals surface area contributed by atoms with Gasteiger partial charge in [0.2, 0.25) is 5.75 Å². The maximum Gasteiger partial charge on any atom is 0.318 e. The van der Waals surface area contributed by atoms with Gasteiger partial charge in [0.05, 0.1) is 32.6 Å². The van der Waals surface area contributed by atoms with E-state index < -0.39 is 44.4 Å². The summed E-state index contributed by atoms with van der Waals surface area (Å²) in [6.07, 6.45) is 0.765. The number of non-ortho nitro benzene ring substituents is 1. The van der Waals surface area contributed by atoms with Crippen molar-refractivity contribution in [2.24, 2.45) is 5.10 Å². The molecule has 0 spiro atoms. The molecule has 0 bridgehead atoms. The molecule has 0 unspecified atom stereocenters. The van der Waals surface area contributed by atoms with Gasteiger partial charge in [-0.25, -0.2) is 5.43 Å². The van der Waals surface area contributed by atoms with Crippen LogP contribution in [-0.2, 0) is 4.79 Å². The molecule has 30 heavy (non-hydrogen) atoms. The van der Waals surface area contributed by atoms with E-state index >= 15 is 0 Å². The van der Waals surface area contributed by atoms with Gasteiger partial charge < -0.3 is 9.84 Å². The van der Waals surface area contributed by atoms with Gasteiger partial charge in [-0.1, -0.05) is 6.07 Å². The van der Waals surface area contributed by atoms with E-state index in [1.54, 1.807) is 13.0 Å². The fourth-order valence-electron chi connectivity index (χ4n) is 2.21. The first-order valence-corrected chi connectivity index (χ1v) is 7.95. The molecule has 14 heteroatoms. The number of hydrogen-bond donors (Lipinski definition) is 2. The van der Waals surface area contributed by atoms with Gasteiger partial charge in [-0.15, -0.1) is 0 Å². The van der Waals surface area contributed by atoms with Crippen molar-refractivity contribution in [3.8, 4) is 11.5 Å². The fourth-order valence-corrected chi connectivity index (χ4v) is 2.21. The van der Waals surface area contributed by atoms with Crippen LogP contribution in [0, 0.1) is 37.3 Å². The zero-order valence-electron chi connectivity index (χ0n) is 15.2. The number of ether oxygens (including phenoxy) is 1. The number of carbonyl (C=O) groups is 1. The summed E-state index contributed by atoms with van der Waals surface area (Å²) in [6.45, 7) is 0.994. The molecule has 156 valence electrons. The molecule has 2 aromatic carbocycles. The average molecular weight is 419 g/mol. The Morgan fingerprint density at radius 1 is 1.10 bits per heavy atom. The molecule has 1 amide bonds. The number of aryl methyl sites for hydroxylation is 1. The van der Waals surface area contributed by atoms with E-state index in [9.17, 15) is 40.2 Å². The van der Waals surface area contributed by atoms with Gasteiger partial charge in [0.25, 0.3) is 11.6 Å². The highest BCUT2D eigenvalue weighted by Gasteiger charge is 2.23. The molecule has 0 aliphatic carbocycles. The Morgan fingerprint density at radius 2 is 1.77 bits per heavy atom. The highest BCUT2D eigenvalue weighted by atomic mass is 16.6. The van der Waals surface area contributed by atoms with Crippen LogP contribution < -0.4 is 10.2 Å². The van der Waals surface area contributed by atoms with Gasteiger partial charge in [0.15, 0.2) is 12.4 Å². The standard InChI is InChI=1S/C16H13N5O9/c1-9-2-3-14(12(4-9)20(26)27)30-8-15(22)18-17-7-10-5-11(19(24)25)6-13(16(10)23)21(28)29/h2-7,23H,8H2,1H3,(H,18,22). The molecular formula is C16H13N5O9. The van der Waals surface area contributed by atoms with E-state index in [1.807, 2.05) is 5.43 Å². The van der Waals surface area contributed by atoms with Crippen molar-refractivity contribution in [3.05, 3.63) is 71.8 Å². The van der Waals surface area contributed by atoms with E-state index in [0.717, 1.165) is 12.3 Å². The maximum atomic E-state index is 11.8. The SMILES string of the molecule is Cc1ccc(OCC(=O)NN=Cc2cc([N+](=O)[O-])cc([N+](=O)[O-])c2O)c([N+](=O)[O-])c1. The summed E-state index contributed by atoms with van der Waals surface area (Å²) < 4.78 is 5.09. The molecule has 0 fully saturated rings. The topological polar surface area (TPSA) is 200 Å². The molecule has 2 N–H and O–H groups in total. The number of nitro benzene ring substituents is 3. The van der Waals surface area contributed by atoms with Crippen molar-refractivity contribution in [2.45, 2.75) is 6.92 Å². The second kappa shape index (κ2) is 9.05. The molecule has 2 rings (SSSR count). The number of benzene rings is 2. The summed E-state index contributed by atoms with van der Waals surface area (Å²) in [4.78, 5) is 42.0. The van der Waals surface area contributed by atoms with Crippen LogP contribution in [0.15, 0.2) is 35.4 Å². The van der Waals surface area contributed by atoms with E-state index in [1.165, 1.54) is 12.1 Å². The first-order chi connectivity index (χ1) is 14.1. The van der Waals surface area contributed by atoms with Crippen molar-refractivity contribution in [1.82, 2.24) is 5.43 Å².